The third kappa shape index (κ3) is 7.06. The van der Waals surface area contributed by atoms with E-state index in [2.05, 4.69) is 200 Å². The van der Waals surface area contributed by atoms with E-state index in [0.29, 0.717) is 31.4 Å². The van der Waals surface area contributed by atoms with E-state index in [1.54, 1.807) is 0 Å². The molecule has 0 N–H and O–H groups in total. The monoisotopic (exact) mass is 1040 g/mol. The maximum absolute atomic E-state index is 14.5. The molecule has 0 bridgehead atoms. The second kappa shape index (κ2) is 17.9. The molecule has 0 fully saturated rings. The highest BCUT2D eigenvalue weighted by atomic mass is 16.2. The van der Waals surface area contributed by atoms with Crippen LogP contribution in [-0.4, -0.2) is 18.3 Å². The van der Waals surface area contributed by atoms with E-state index < -0.39 is 33.2 Å². The zero-order valence-corrected chi connectivity index (χ0v) is 45.9. The highest BCUT2D eigenvalue weighted by molar-refractivity contribution is 6.10. The SMILES string of the molecule is CCC(C)(C)c1ccc(CC2(Cc3ccc(-n4c(=O)c5cc6c(=O)n(C(C)(CC)CC)c(=O)c6cc5c4=O)cc3)c3cc(-n4c5ccccc5c5ccccc54)ccc3-c3ccc(-n4c5ccccc5c5ccccc54)cc32)cc1. The highest BCUT2D eigenvalue weighted by Crippen LogP contribution is 2.54. The summed E-state index contributed by atoms with van der Waals surface area (Å²) in [5.41, 5.74) is 12.3. The van der Waals surface area contributed by atoms with E-state index >= 15 is 0 Å². The minimum Gasteiger partial charge on any atom is -0.309 e. The number of hydrogen-bond acceptors (Lipinski definition) is 4. The molecule has 14 rings (SSSR count). The minimum absolute atomic E-state index is 0.0139. The zero-order chi connectivity index (χ0) is 55.0. The van der Waals surface area contributed by atoms with Gasteiger partial charge in [0.05, 0.1) is 49.3 Å². The lowest BCUT2D eigenvalue weighted by Crippen LogP contribution is -2.42. The molecule has 13 aromatic rings. The van der Waals surface area contributed by atoms with Gasteiger partial charge in [0.15, 0.2) is 0 Å². The lowest BCUT2D eigenvalue weighted by atomic mass is 9.69. The van der Waals surface area contributed by atoms with Crippen molar-refractivity contribution < 1.29 is 0 Å². The standard InChI is InChI=1S/C72H60N4O4/c1-7-70(4,5)46-30-26-44(27-31-46)42-72(43-45-28-32-47(33-29-45)75-66(77)56-40-58-59(41-57(56)67(75)78)69(80)76(68(58)79)71(6,8-2)9-3)60-38-48(73-62-22-14-10-18-52(62)53-19-11-15-23-63(53)73)34-36-50(60)51-37-35-49(39-61(51)72)74-64-24-16-12-20-54(64)55-21-13-17-25-65(55)74/h10-41H,7-9,42-43H2,1-6H3. The largest absolute Gasteiger partial charge is 0.309 e. The van der Waals surface area contributed by atoms with Gasteiger partial charge in [-0.05, 0) is 156 Å². The van der Waals surface area contributed by atoms with Gasteiger partial charge < -0.3 is 9.13 Å². The normalized spacial score (nSPS) is 13.4. The van der Waals surface area contributed by atoms with Gasteiger partial charge in [-0.3, -0.25) is 23.7 Å². The second-order valence-electron chi connectivity index (χ2n) is 23.3. The molecule has 0 amide bonds. The van der Waals surface area contributed by atoms with E-state index in [1.807, 2.05) is 32.9 Å². The van der Waals surface area contributed by atoms with Gasteiger partial charge in [0.1, 0.15) is 0 Å². The average molecular weight is 1050 g/mol. The van der Waals surface area contributed by atoms with E-state index in [-0.39, 0.29) is 27.0 Å². The van der Waals surface area contributed by atoms with Gasteiger partial charge in [0.2, 0.25) is 0 Å². The molecule has 0 radical (unpaired) electrons. The molecule has 0 saturated heterocycles. The quantitative estimate of drug-likeness (QED) is 0.122. The van der Waals surface area contributed by atoms with Crippen molar-refractivity contribution in [2.45, 2.75) is 90.0 Å². The maximum atomic E-state index is 14.5. The first-order valence-electron chi connectivity index (χ1n) is 28.2. The fourth-order valence-electron chi connectivity index (χ4n) is 13.6. The number of benzene rings is 9. The fraction of sp³-hybridized carbons (Fsp3) is 0.194. The van der Waals surface area contributed by atoms with Crippen LogP contribution >= 0.6 is 0 Å². The van der Waals surface area contributed by atoms with Crippen molar-refractivity contribution >= 4 is 65.2 Å². The Kier molecular flexibility index (Phi) is 11.0. The summed E-state index contributed by atoms with van der Waals surface area (Å²) in [5.74, 6) is 0. The molecule has 8 heteroatoms. The fourth-order valence-corrected chi connectivity index (χ4v) is 13.6. The van der Waals surface area contributed by atoms with E-state index in [1.165, 1.54) is 76.2 Å². The third-order valence-electron chi connectivity index (χ3n) is 18.8. The van der Waals surface area contributed by atoms with Gasteiger partial charge in [-0.1, -0.05) is 156 Å². The molecule has 1 aliphatic rings. The molecule has 0 unspecified atom stereocenters. The predicted molar refractivity (Wildman–Crippen MR) is 329 cm³/mol. The molecule has 4 aromatic heterocycles. The second-order valence-corrected chi connectivity index (χ2v) is 23.3. The lowest BCUT2D eigenvalue weighted by molar-refractivity contribution is 0.282. The van der Waals surface area contributed by atoms with Crippen molar-refractivity contribution in [3.8, 4) is 28.2 Å². The van der Waals surface area contributed by atoms with Gasteiger partial charge in [0.25, 0.3) is 22.2 Å². The first-order chi connectivity index (χ1) is 38.8. The summed E-state index contributed by atoms with van der Waals surface area (Å²) >= 11 is 0. The Bertz CT molecular complexity index is 4570. The van der Waals surface area contributed by atoms with Crippen LogP contribution in [0.3, 0.4) is 0 Å². The van der Waals surface area contributed by atoms with Gasteiger partial charge in [-0.25, -0.2) is 4.57 Å². The molecule has 1 aliphatic carbocycles. The van der Waals surface area contributed by atoms with Gasteiger partial charge in [0, 0.05) is 43.9 Å². The van der Waals surface area contributed by atoms with Crippen LogP contribution in [0, 0.1) is 0 Å². The predicted octanol–water partition coefficient (Wildman–Crippen LogP) is 15.1. The van der Waals surface area contributed by atoms with Gasteiger partial charge in [-0.2, -0.15) is 0 Å². The van der Waals surface area contributed by atoms with Crippen molar-refractivity contribution in [1.29, 1.82) is 0 Å². The molecular formula is C72H60N4O4. The van der Waals surface area contributed by atoms with Crippen LogP contribution in [0.2, 0.25) is 0 Å². The lowest BCUT2D eigenvalue weighted by Gasteiger charge is -2.34. The number of rotatable bonds is 12. The molecule has 9 aromatic carbocycles. The molecule has 392 valence electrons. The van der Waals surface area contributed by atoms with Crippen molar-refractivity contribution in [2.75, 3.05) is 0 Å². The molecule has 0 spiro atoms. The van der Waals surface area contributed by atoms with Crippen LogP contribution in [0.25, 0.3) is 93.3 Å². The minimum atomic E-state index is -0.694. The Labute approximate surface area is 462 Å². The Hall–Kier alpha value is -9.14. The van der Waals surface area contributed by atoms with Gasteiger partial charge >= 0.3 is 0 Å². The summed E-state index contributed by atoms with van der Waals surface area (Å²) < 4.78 is 7.31. The third-order valence-corrected chi connectivity index (χ3v) is 18.8. The number of nitrogens with zero attached hydrogens (tertiary/aromatic N) is 4. The Morgan fingerprint density at radius 2 is 0.725 bits per heavy atom. The summed E-state index contributed by atoms with van der Waals surface area (Å²) in [7, 11) is 0. The van der Waals surface area contributed by atoms with Crippen LogP contribution < -0.4 is 22.2 Å². The van der Waals surface area contributed by atoms with Crippen LogP contribution in [0.15, 0.2) is 213 Å². The number of hydrogen-bond donors (Lipinski definition) is 0. The smallest absolute Gasteiger partial charge is 0.266 e. The van der Waals surface area contributed by atoms with Crippen LogP contribution in [0.4, 0.5) is 0 Å². The molecule has 4 heterocycles. The van der Waals surface area contributed by atoms with Crippen molar-refractivity contribution in [3.63, 3.8) is 0 Å². The zero-order valence-electron chi connectivity index (χ0n) is 45.9. The van der Waals surface area contributed by atoms with Crippen molar-refractivity contribution in [1.82, 2.24) is 18.3 Å². The number of aromatic nitrogens is 4. The van der Waals surface area contributed by atoms with E-state index in [0.717, 1.165) is 45.4 Å². The highest BCUT2D eigenvalue weighted by Gasteiger charge is 2.44. The summed E-state index contributed by atoms with van der Waals surface area (Å²) in [6.07, 6.45) is 3.45. The molecule has 0 aliphatic heterocycles. The Balaban J connectivity index is 0.976. The average Bonchev–Trinajstić information content (AvgIpc) is 4.38. The summed E-state index contributed by atoms with van der Waals surface area (Å²) in [5, 5.41) is 5.37. The maximum Gasteiger partial charge on any atom is 0.266 e. The molecule has 80 heavy (non-hydrogen) atoms. The number of para-hydroxylation sites is 4. The summed E-state index contributed by atoms with van der Waals surface area (Å²) in [6.45, 7) is 12.7. The Morgan fingerprint density at radius 1 is 0.362 bits per heavy atom. The first kappa shape index (κ1) is 49.2. The van der Waals surface area contributed by atoms with Gasteiger partial charge in [-0.15, -0.1) is 0 Å². The molecular weight excluding hydrogens is 985 g/mol. The van der Waals surface area contributed by atoms with Crippen LogP contribution in [-0.2, 0) is 29.2 Å². The van der Waals surface area contributed by atoms with Crippen LogP contribution in [0.1, 0.15) is 88.6 Å². The Morgan fingerprint density at radius 3 is 1.11 bits per heavy atom. The summed E-state index contributed by atoms with van der Waals surface area (Å²) in [6, 6.07) is 68.8. The molecule has 0 saturated carbocycles. The van der Waals surface area contributed by atoms with Crippen molar-refractivity contribution in [2.24, 2.45) is 0 Å². The van der Waals surface area contributed by atoms with Crippen molar-refractivity contribution in [3.05, 3.63) is 263 Å². The van der Waals surface area contributed by atoms with Crippen LogP contribution in [0.5, 0.6) is 0 Å². The topological polar surface area (TPSA) is 88.0 Å². The summed E-state index contributed by atoms with van der Waals surface area (Å²) in [4.78, 5) is 56.7. The molecule has 8 nitrogen and oxygen atoms in total. The molecule has 0 atom stereocenters. The first-order valence-corrected chi connectivity index (χ1v) is 28.2. The van der Waals surface area contributed by atoms with E-state index in [4.69, 9.17) is 0 Å². The number of fused-ring (bicyclic) bond motifs is 11. The van der Waals surface area contributed by atoms with E-state index in [9.17, 15) is 19.2 Å².